The molecular formula is C12H14N2O3. The van der Waals surface area contributed by atoms with E-state index in [1.54, 1.807) is 18.2 Å². The minimum absolute atomic E-state index is 0.104. The highest BCUT2D eigenvalue weighted by Gasteiger charge is 2.09. The van der Waals surface area contributed by atoms with E-state index < -0.39 is 11.8 Å². The Morgan fingerprint density at radius 2 is 2.00 bits per heavy atom. The van der Waals surface area contributed by atoms with Crippen molar-refractivity contribution in [3.63, 3.8) is 0 Å². The van der Waals surface area contributed by atoms with E-state index >= 15 is 0 Å². The molecule has 5 heteroatoms. The van der Waals surface area contributed by atoms with E-state index in [9.17, 15) is 14.7 Å². The van der Waals surface area contributed by atoms with Crippen LogP contribution in [0.15, 0.2) is 36.4 Å². The Morgan fingerprint density at radius 3 is 2.65 bits per heavy atom. The third-order valence-electron chi connectivity index (χ3n) is 1.95. The van der Waals surface area contributed by atoms with Crippen molar-refractivity contribution in [3.8, 4) is 5.75 Å². The number of phenolic OH excluding ortho intramolecular Hbond substituents is 1. The zero-order chi connectivity index (χ0) is 12.7. The lowest BCUT2D eigenvalue weighted by Gasteiger charge is -2.06. The normalized spacial score (nSPS) is 10.2. The van der Waals surface area contributed by atoms with Crippen molar-refractivity contribution in [2.45, 2.75) is 13.3 Å². The van der Waals surface area contributed by atoms with E-state index in [1.807, 2.05) is 6.92 Å². The lowest BCUT2D eigenvalue weighted by atomic mass is 10.2. The quantitative estimate of drug-likeness (QED) is 0.541. The number of allylic oxidation sites excluding steroid dienone is 1. The minimum atomic E-state index is -0.568. The number of hydrogen-bond acceptors (Lipinski definition) is 3. The summed E-state index contributed by atoms with van der Waals surface area (Å²) in [5, 5.41) is 9.40. The second kappa shape index (κ2) is 6.32. The van der Waals surface area contributed by atoms with Crippen molar-refractivity contribution in [3.05, 3.63) is 42.0 Å². The molecule has 2 amide bonds. The van der Waals surface area contributed by atoms with Gasteiger partial charge in [0.1, 0.15) is 5.75 Å². The van der Waals surface area contributed by atoms with Gasteiger partial charge in [-0.2, -0.15) is 0 Å². The van der Waals surface area contributed by atoms with Crippen molar-refractivity contribution in [2.24, 2.45) is 0 Å². The Hall–Kier alpha value is -2.30. The number of amides is 2. The molecule has 0 radical (unpaired) electrons. The van der Waals surface area contributed by atoms with Gasteiger partial charge in [-0.3, -0.25) is 20.4 Å². The van der Waals surface area contributed by atoms with Crippen LogP contribution in [0.5, 0.6) is 5.75 Å². The minimum Gasteiger partial charge on any atom is -0.507 e. The highest BCUT2D eigenvalue weighted by Crippen LogP contribution is 2.14. The molecule has 1 aromatic rings. The molecule has 0 aliphatic rings. The van der Waals surface area contributed by atoms with Crippen LogP contribution in [0.25, 0.3) is 0 Å². The molecule has 1 aromatic carbocycles. The molecule has 0 aliphatic carbocycles. The first-order chi connectivity index (χ1) is 8.15. The molecule has 3 N–H and O–H groups in total. The predicted octanol–water partition coefficient (Wildman–Crippen LogP) is 1.12. The second-order valence-electron chi connectivity index (χ2n) is 3.27. The number of benzene rings is 1. The third-order valence-corrected chi connectivity index (χ3v) is 1.95. The average Bonchev–Trinajstić information content (AvgIpc) is 2.34. The van der Waals surface area contributed by atoms with Crippen molar-refractivity contribution in [1.29, 1.82) is 0 Å². The van der Waals surface area contributed by atoms with E-state index in [2.05, 4.69) is 10.9 Å². The molecular weight excluding hydrogens is 220 g/mol. The highest BCUT2D eigenvalue weighted by atomic mass is 16.3. The van der Waals surface area contributed by atoms with Gasteiger partial charge >= 0.3 is 0 Å². The van der Waals surface area contributed by atoms with Gasteiger partial charge in [-0.25, -0.2) is 0 Å². The Morgan fingerprint density at radius 1 is 1.29 bits per heavy atom. The maximum atomic E-state index is 11.5. The summed E-state index contributed by atoms with van der Waals surface area (Å²) < 4.78 is 0. The number of carbonyl (C=O) groups excluding carboxylic acids is 2. The summed E-state index contributed by atoms with van der Waals surface area (Å²) in [6.07, 6.45) is 3.73. The van der Waals surface area contributed by atoms with Gasteiger partial charge < -0.3 is 5.11 Å². The highest BCUT2D eigenvalue weighted by molar-refractivity contribution is 5.98. The van der Waals surface area contributed by atoms with Crippen molar-refractivity contribution < 1.29 is 14.7 Å². The Kier molecular flexibility index (Phi) is 4.75. The average molecular weight is 234 g/mol. The lowest BCUT2D eigenvalue weighted by Crippen LogP contribution is -2.40. The van der Waals surface area contributed by atoms with Crippen molar-refractivity contribution in [2.75, 3.05) is 0 Å². The maximum absolute atomic E-state index is 11.5. The van der Waals surface area contributed by atoms with Gasteiger partial charge in [0.15, 0.2) is 0 Å². The molecule has 1 rings (SSSR count). The van der Waals surface area contributed by atoms with E-state index in [4.69, 9.17) is 0 Å². The van der Waals surface area contributed by atoms with Crippen molar-refractivity contribution >= 4 is 11.8 Å². The number of nitrogens with one attached hydrogen (secondary N) is 2. The van der Waals surface area contributed by atoms with Crippen molar-refractivity contribution in [1.82, 2.24) is 10.9 Å². The van der Waals surface area contributed by atoms with Gasteiger partial charge in [-0.1, -0.05) is 25.1 Å². The Bertz CT molecular complexity index is 441. The molecule has 90 valence electrons. The van der Waals surface area contributed by atoms with Crippen LogP contribution in [-0.2, 0) is 4.79 Å². The molecule has 5 nitrogen and oxygen atoms in total. The smallest absolute Gasteiger partial charge is 0.273 e. The van der Waals surface area contributed by atoms with Crippen LogP contribution >= 0.6 is 0 Å². The zero-order valence-electron chi connectivity index (χ0n) is 9.43. The van der Waals surface area contributed by atoms with Crippen LogP contribution in [-0.4, -0.2) is 16.9 Å². The first-order valence-electron chi connectivity index (χ1n) is 5.20. The van der Waals surface area contributed by atoms with Crippen LogP contribution in [0.1, 0.15) is 23.7 Å². The summed E-state index contributed by atoms with van der Waals surface area (Å²) >= 11 is 0. The standard InChI is InChI=1S/C12H14N2O3/c1-2-3-8-11(16)13-14-12(17)9-6-4-5-7-10(9)15/h3-8,15H,2H2,1H3,(H,13,16)(H,14,17)/b8-3+. The fraction of sp³-hybridized carbons (Fsp3) is 0.167. The van der Waals surface area contributed by atoms with Crippen LogP contribution in [0.4, 0.5) is 0 Å². The summed E-state index contributed by atoms with van der Waals surface area (Å²) in [5.74, 6) is -1.12. The van der Waals surface area contributed by atoms with Gasteiger partial charge in [-0.05, 0) is 18.6 Å². The predicted molar refractivity (Wildman–Crippen MR) is 63.1 cm³/mol. The molecule has 0 saturated carbocycles. The molecule has 17 heavy (non-hydrogen) atoms. The second-order valence-corrected chi connectivity index (χ2v) is 3.27. The summed E-state index contributed by atoms with van der Waals surface area (Å²) in [7, 11) is 0. The van der Waals surface area contributed by atoms with E-state index in [0.29, 0.717) is 0 Å². The fourth-order valence-corrected chi connectivity index (χ4v) is 1.12. The summed E-state index contributed by atoms with van der Waals surface area (Å²) in [6.45, 7) is 1.89. The third kappa shape index (κ3) is 3.98. The first kappa shape index (κ1) is 12.8. The summed E-state index contributed by atoms with van der Waals surface area (Å²) in [4.78, 5) is 22.7. The zero-order valence-corrected chi connectivity index (χ0v) is 9.43. The molecule has 0 atom stereocenters. The maximum Gasteiger partial charge on any atom is 0.273 e. The lowest BCUT2D eigenvalue weighted by molar-refractivity contribution is -0.117. The number of carbonyl (C=O) groups is 2. The number of rotatable bonds is 3. The number of hydrogen-bond donors (Lipinski definition) is 3. The topological polar surface area (TPSA) is 78.4 Å². The number of phenols is 1. The van der Waals surface area contributed by atoms with Crippen LogP contribution in [0.2, 0.25) is 0 Å². The number of hydrazine groups is 1. The van der Waals surface area contributed by atoms with Gasteiger partial charge in [0.25, 0.3) is 11.8 Å². The molecule has 0 heterocycles. The van der Waals surface area contributed by atoms with Crippen LogP contribution in [0, 0.1) is 0 Å². The monoisotopic (exact) mass is 234 g/mol. The van der Waals surface area contributed by atoms with Crippen LogP contribution < -0.4 is 10.9 Å². The van der Waals surface area contributed by atoms with E-state index in [1.165, 1.54) is 18.2 Å². The Balaban J connectivity index is 2.54. The van der Waals surface area contributed by atoms with E-state index in [0.717, 1.165) is 6.42 Å². The Labute approximate surface area is 99.1 Å². The summed E-state index contributed by atoms with van der Waals surface area (Å²) in [5.41, 5.74) is 4.51. The molecule has 0 aromatic heterocycles. The van der Waals surface area contributed by atoms with Gasteiger partial charge in [-0.15, -0.1) is 0 Å². The fourth-order valence-electron chi connectivity index (χ4n) is 1.12. The van der Waals surface area contributed by atoms with Crippen LogP contribution in [0.3, 0.4) is 0 Å². The first-order valence-corrected chi connectivity index (χ1v) is 5.20. The largest absolute Gasteiger partial charge is 0.507 e. The molecule has 0 saturated heterocycles. The summed E-state index contributed by atoms with van der Waals surface area (Å²) in [6, 6.07) is 6.08. The number of aromatic hydroxyl groups is 1. The molecule has 0 aliphatic heterocycles. The van der Waals surface area contributed by atoms with Gasteiger partial charge in [0.2, 0.25) is 0 Å². The molecule has 0 bridgehead atoms. The van der Waals surface area contributed by atoms with E-state index in [-0.39, 0.29) is 11.3 Å². The molecule has 0 fully saturated rings. The molecule has 0 unspecified atom stereocenters. The molecule has 0 spiro atoms. The van der Waals surface area contributed by atoms with Gasteiger partial charge in [0, 0.05) is 6.08 Å². The van der Waals surface area contributed by atoms with Gasteiger partial charge in [0.05, 0.1) is 5.56 Å². The number of para-hydroxylation sites is 1. The SMILES string of the molecule is CC/C=C/C(=O)NNC(=O)c1ccccc1O.